The Hall–Kier alpha value is -0.980. The fourth-order valence-corrected chi connectivity index (χ4v) is 2.52. The number of hydrogen-bond donors (Lipinski definition) is 1. The lowest BCUT2D eigenvalue weighted by atomic mass is 10.2. The van der Waals surface area contributed by atoms with Gasteiger partial charge in [0.25, 0.3) is 0 Å². The molecule has 17 heavy (non-hydrogen) atoms. The second kappa shape index (κ2) is 6.09. The number of nitrogens with two attached hydrogens (primary N) is 1. The Morgan fingerprint density at radius 1 is 1.35 bits per heavy atom. The Morgan fingerprint density at radius 2 is 1.94 bits per heavy atom. The molecule has 0 amide bonds. The van der Waals surface area contributed by atoms with E-state index in [4.69, 9.17) is 22.7 Å². The summed E-state index contributed by atoms with van der Waals surface area (Å²) in [6.07, 6.45) is 0. The maximum absolute atomic E-state index is 11.8. The van der Waals surface area contributed by atoms with E-state index in [9.17, 15) is 8.42 Å². The Kier molecular flexibility index (Phi) is 5.04. The Morgan fingerprint density at radius 3 is 2.41 bits per heavy atom. The molecule has 0 fully saturated rings. The first kappa shape index (κ1) is 14.1. The highest BCUT2D eigenvalue weighted by Crippen LogP contribution is 2.12. The molecular weight excluding hydrogens is 258 g/mol. The monoisotopic (exact) mass is 273 g/mol. The van der Waals surface area contributed by atoms with E-state index in [-0.39, 0.29) is 22.2 Å². The molecule has 0 atom stereocenters. The molecule has 0 saturated carbocycles. The molecule has 4 nitrogen and oxygen atoms in total. The van der Waals surface area contributed by atoms with E-state index in [1.165, 1.54) is 12.1 Å². The van der Waals surface area contributed by atoms with Gasteiger partial charge in [0.2, 0.25) is 0 Å². The first-order valence-corrected chi connectivity index (χ1v) is 7.24. The predicted octanol–water partition coefficient (Wildman–Crippen LogP) is 1.13. The van der Waals surface area contributed by atoms with Crippen LogP contribution in [0.2, 0.25) is 0 Å². The molecule has 0 aliphatic carbocycles. The van der Waals surface area contributed by atoms with Crippen molar-refractivity contribution in [3.8, 4) is 0 Å². The fourth-order valence-electron chi connectivity index (χ4n) is 1.26. The maximum atomic E-state index is 11.8. The van der Waals surface area contributed by atoms with Crippen LogP contribution in [0.3, 0.4) is 0 Å². The van der Waals surface area contributed by atoms with Gasteiger partial charge in [-0.1, -0.05) is 24.4 Å². The standard InChI is InChI=1S/C11H15NO3S2/c1-2-15-7-8-17(13,14)10-5-3-9(4-6-10)11(12)16/h3-6H,2,7-8H2,1H3,(H2,12,16). The zero-order valence-electron chi connectivity index (χ0n) is 9.55. The average Bonchev–Trinajstić information content (AvgIpc) is 2.29. The van der Waals surface area contributed by atoms with E-state index in [0.717, 1.165) is 0 Å². The summed E-state index contributed by atoms with van der Waals surface area (Å²) >= 11 is 4.79. The maximum Gasteiger partial charge on any atom is 0.180 e. The summed E-state index contributed by atoms with van der Waals surface area (Å²) in [5.74, 6) is -0.0206. The first-order chi connectivity index (χ1) is 7.97. The smallest absolute Gasteiger partial charge is 0.180 e. The number of thiocarbonyl (C=S) groups is 1. The van der Waals surface area contributed by atoms with Crippen molar-refractivity contribution in [2.45, 2.75) is 11.8 Å². The minimum absolute atomic E-state index is 0.0206. The summed E-state index contributed by atoms with van der Waals surface area (Å²) < 4.78 is 28.7. The minimum Gasteiger partial charge on any atom is -0.389 e. The molecule has 0 saturated heterocycles. The number of sulfone groups is 1. The van der Waals surface area contributed by atoms with Crippen LogP contribution in [0.25, 0.3) is 0 Å². The van der Waals surface area contributed by atoms with Crippen molar-refractivity contribution < 1.29 is 13.2 Å². The lowest BCUT2D eigenvalue weighted by Gasteiger charge is -2.05. The van der Waals surface area contributed by atoms with Crippen LogP contribution in [0.4, 0.5) is 0 Å². The molecule has 6 heteroatoms. The molecule has 2 N–H and O–H groups in total. The van der Waals surface area contributed by atoms with Crippen LogP contribution in [0.5, 0.6) is 0 Å². The average molecular weight is 273 g/mol. The third-order valence-electron chi connectivity index (χ3n) is 2.20. The summed E-state index contributed by atoms with van der Waals surface area (Å²) in [6.45, 7) is 2.54. The largest absolute Gasteiger partial charge is 0.389 e. The van der Waals surface area contributed by atoms with E-state index in [1.54, 1.807) is 12.1 Å². The molecule has 0 unspecified atom stereocenters. The van der Waals surface area contributed by atoms with Crippen molar-refractivity contribution in [1.82, 2.24) is 0 Å². The first-order valence-electron chi connectivity index (χ1n) is 5.17. The van der Waals surface area contributed by atoms with Gasteiger partial charge in [-0.05, 0) is 19.1 Å². The molecular formula is C11H15NO3S2. The summed E-state index contributed by atoms with van der Waals surface area (Å²) in [6, 6.07) is 6.23. The Balaban J connectivity index is 2.81. The van der Waals surface area contributed by atoms with Crippen LogP contribution in [0.15, 0.2) is 29.2 Å². The van der Waals surface area contributed by atoms with Crippen molar-refractivity contribution >= 4 is 27.0 Å². The lowest BCUT2D eigenvalue weighted by molar-refractivity contribution is 0.163. The van der Waals surface area contributed by atoms with Gasteiger partial charge in [0.1, 0.15) is 4.99 Å². The van der Waals surface area contributed by atoms with Gasteiger partial charge in [0.15, 0.2) is 9.84 Å². The van der Waals surface area contributed by atoms with Crippen LogP contribution in [0, 0.1) is 0 Å². The molecule has 1 rings (SSSR count). The van der Waals surface area contributed by atoms with Crippen LogP contribution in [-0.2, 0) is 14.6 Å². The summed E-state index contributed by atoms with van der Waals surface area (Å²) in [4.78, 5) is 0.514. The molecule has 94 valence electrons. The van der Waals surface area contributed by atoms with E-state index in [0.29, 0.717) is 12.2 Å². The second-order valence-corrected chi connectivity index (χ2v) is 5.95. The highest BCUT2D eigenvalue weighted by atomic mass is 32.2. The van der Waals surface area contributed by atoms with Crippen molar-refractivity contribution in [3.05, 3.63) is 29.8 Å². The number of benzene rings is 1. The molecule has 1 aromatic carbocycles. The van der Waals surface area contributed by atoms with Gasteiger partial charge in [0.05, 0.1) is 17.3 Å². The fraction of sp³-hybridized carbons (Fsp3) is 0.364. The van der Waals surface area contributed by atoms with Gasteiger partial charge >= 0.3 is 0 Å². The van der Waals surface area contributed by atoms with E-state index >= 15 is 0 Å². The van der Waals surface area contributed by atoms with Gasteiger partial charge in [-0.2, -0.15) is 0 Å². The lowest BCUT2D eigenvalue weighted by Crippen LogP contribution is -2.13. The summed E-state index contributed by atoms with van der Waals surface area (Å²) in [5.41, 5.74) is 6.09. The van der Waals surface area contributed by atoms with Gasteiger partial charge in [-0.3, -0.25) is 0 Å². The molecule has 0 aromatic heterocycles. The van der Waals surface area contributed by atoms with Gasteiger partial charge in [-0.25, -0.2) is 8.42 Å². The topological polar surface area (TPSA) is 69.4 Å². The SMILES string of the molecule is CCOCCS(=O)(=O)c1ccc(C(N)=S)cc1. The zero-order valence-corrected chi connectivity index (χ0v) is 11.2. The van der Waals surface area contributed by atoms with Crippen molar-refractivity contribution in [1.29, 1.82) is 0 Å². The van der Waals surface area contributed by atoms with Crippen LogP contribution >= 0.6 is 12.2 Å². The summed E-state index contributed by atoms with van der Waals surface area (Å²) in [7, 11) is -3.28. The molecule has 0 aliphatic rings. The van der Waals surface area contributed by atoms with E-state index in [1.807, 2.05) is 6.92 Å². The number of ether oxygens (including phenoxy) is 1. The number of rotatable bonds is 6. The second-order valence-electron chi connectivity index (χ2n) is 3.40. The molecule has 1 aromatic rings. The van der Waals surface area contributed by atoms with E-state index < -0.39 is 9.84 Å². The molecule has 0 aliphatic heterocycles. The quantitative estimate of drug-likeness (QED) is 0.621. The zero-order chi connectivity index (χ0) is 12.9. The Bertz CT molecular complexity index is 480. The third-order valence-corrected chi connectivity index (χ3v) is 4.13. The molecule has 0 heterocycles. The van der Waals surface area contributed by atoms with Crippen molar-refractivity contribution in [2.24, 2.45) is 5.73 Å². The van der Waals surface area contributed by atoms with Gasteiger partial charge in [-0.15, -0.1) is 0 Å². The minimum atomic E-state index is -3.28. The van der Waals surface area contributed by atoms with Gasteiger partial charge < -0.3 is 10.5 Å². The predicted molar refractivity (Wildman–Crippen MR) is 70.9 cm³/mol. The van der Waals surface area contributed by atoms with E-state index in [2.05, 4.69) is 0 Å². The van der Waals surface area contributed by atoms with Crippen LogP contribution in [0.1, 0.15) is 12.5 Å². The highest BCUT2D eigenvalue weighted by Gasteiger charge is 2.14. The molecule has 0 spiro atoms. The molecule has 0 radical (unpaired) electrons. The number of hydrogen-bond acceptors (Lipinski definition) is 4. The van der Waals surface area contributed by atoms with Gasteiger partial charge in [0, 0.05) is 12.2 Å². The van der Waals surface area contributed by atoms with Crippen LogP contribution < -0.4 is 5.73 Å². The molecule has 0 bridgehead atoms. The normalized spacial score (nSPS) is 11.4. The van der Waals surface area contributed by atoms with Crippen molar-refractivity contribution in [2.75, 3.05) is 19.0 Å². The summed E-state index contributed by atoms with van der Waals surface area (Å²) in [5, 5.41) is 0. The van der Waals surface area contributed by atoms with Crippen molar-refractivity contribution in [3.63, 3.8) is 0 Å². The Labute approximate surface area is 107 Å². The highest BCUT2D eigenvalue weighted by molar-refractivity contribution is 7.91. The third kappa shape index (κ3) is 4.07. The van der Waals surface area contributed by atoms with Crippen LogP contribution in [-0.4, -0.2) is 32.4 Å².